The van der Waals surface area contributed by atoms with E-state index in [4.69, 9.17) is 5.11 Å². The summed E-state index contributed by atoms with van der Waals surface area (Å²) in [5.41, 5.74) is -0.953. The minimum Gasteiger partial charge on any atom is -0.481 e. The normalized spacial score (nSPS) is 11.6. The maximum atomic E-state index is 13.1. The molecule has 0 amide bonds. The molecular weight excluding hydrogens is 307 g/mol. The molecule has 0 radical (unpaired) electrons. The van der Waals surface area contributed by atoms with Gasteiger partial charge in [0.1, 0.15) is 5.82 Å². The van der Waals surface area contributed by atoms with Crippen molar-refractivity contribution in [2.75, 3.05) is 5.75 Å². The number of aliphatic carboxylic acids is 1. The number of aromatic nitrogens is 3. The van der Waals surface area contributed by atoms with Crippen molar-refractivity contribution in [1.29, 1.82) is 0 Å². The number of carboxylic acid groups (broad SMARTS) is 1. The van der Waals surface area contributed by atoms with Gasteiger partial charge in [-0.25, -0.2) is 0 Å². The van der Waals surface area contributed by atoms with E-state index in [1.807, 2.05) is 0 Å². The predicted molar refractivity (Wildman–Crippen MR) is 69.5 cm³/mol. The van der Waals surface area contributed by atoms with Crippen molar-refractivity contribution in [3.05, 3.63) is 35.7 Å². The molecule has 0 bridgehead atoms. The Morgan fingerprint density at radius 3 is 2.62 bits per heavy atom. The lowest BCUT2D eigenvalue weighted by atomic mass is 10.1. The number of rotatable bonds is 4. The number of nitrogens with zero attached hydrogens (tertiary/aromatic N) is 3. The molecule has 5 nitrogen and oxygen atoms in total. The number of halogens is 3. The molecular formula is C12H10F3N3O2S. The average Bonchev–Trinajstić information content (AvgIpc) is 2.76. The second-order valence-corrected chi connectivity index (χ2v) is 5.01. The fourth-order valence-corrected chi connectivity index (χ4v) is 2.46. The molecule has 2 rings (SSSR count). The quantitative estimate of drug-likeness (QED) is 0.878. The van der Waals surface area contributed by atoms with Crippen molar-refractivity contribution >= 4 is 17.7 Å². The highest BCUT2D eigenvalue weighted by Gasteiger charge is 2.34. The molecule has 1 N–H and O–H groups in total. The zero-order valence-electron chi connectivity index (χ0n) is 10.8. The monoisotopic (exact) mass is 317 g/mol. The minimum atomic E-state index is -4.53. The first-order chi connectivity index (χ1) is 9.80. The molecule has 0 unspecified atom stereocenters. The zero-order valence-corrected chi connectivity index (χ0v) is 11.6. The lowest BCUT2D eigenvalue weighted by Gasteiger charge is -2.15. The molecule has 0 spiro atoms. The van der Waals surface area contributed by atoms with Crippen LogP contribution < -0.4 is 0 Å². The van der Waals surface area contributed by atoms with Crippen LogP contribution in [0.25, 0.3) is 5.69 Å². The van der Waals surface area contributed by atoms with E-state index in [-0.39, 0.29) is 22.4 Å². The van der Waals surface area contributed by atoms with Gasteiger partial charge >= 0.3 is 12.1 Å². The van der Waals surface area contributed by atoms with Gasteiger partial charge in [0.2, 0.25) is 0 Å². The second kappa shape index (κ2) is 5.76. The lowest BCUT2D eigenvalue weighted by molar-refractivity contribution is -0.137. The van der Waals surface area contributed by atoms with E-state index in [1.165, 1.54) is 29.7 Å². The first-order valence-corrected chi connectivity index (χ1v) is 6.72. The summed E-state index contributed by atoms with van der Waals surface area (Å²) in [6, 6.07) is 5.01. The summed E-state index contributed by atoms with van der Waals surface area (Å²) >= 11 is 0.813. The predicted octanol–water partition coefficient (Wildman–Crippen LogP) is 2.77. The highest BCUT2D eigenvalue weighted by Crippen LogP contribution is 2.35. The largest absolute Gasteiger partial charge is 0.481 e. The molecule has 0 atom stereocenters. The van der Waals surface area contributed by atoms with Crippen LogP contribution in [-0.2, 0) is 11.0 Å². The van der Waals surface area contributed by atoms with Crippen molar-refractivity contribution in [2.45, 2.75) is 18.3 Å². The third kappa shape index (κ3) is 3.35. The first kappa shape index (κ1) is 15.4. The van der Waals surface area contributed by atoms with Crippen LogP contribution in [0.4, 0.5) is 13.2 Å². The number of carbonyl (C=O) groups is 1. The smallest absolute Gasteiger partial charge is 0.418 e. The maximum Gasteiger partial charge on any atom is 0.418 e. The van der Waals surface area contributed by atoms with Gasteiger partial charge in [-0.2, -0.15) is 13.2 Å². The van der Waals surface area contributed by atoms with Gasteiger partial charge in [-0.15, -0.1) is 10.2 Å². The van der Waals surface area contributed by atoms with Gasteiger partial charge in [-0.05, 0) is 19.1 Å². The standard InChI is InChI=1S/C12H10F3N3O2S/c1-7-16-17-11(21-6-10(19)20)18(7)9-5-3-2-4-8(9)12(13,14)15/h2-5H,6H2,1H3,(H,19,20). The number of aryl methyl sites for hydroxylation is 1. The summed E-state index contributed by atoms with van der Waals surface area (Å²) in [5, 5.41) is 16.2. The molecule has 1 aromatic heterocycles. The Morgan fingerprint density at radius 2 is 2.00 bits per heavy atom. The van der Waals surface area contributed by atoms with E-state index in [9.17, 15) is 18.0 Å². The summed E-state index contributed by atoms with van der Waals surface area (Å²) in [4.78, 5) is 10.6. The number of alkyl halides is 3. The van der Waals surface area contributed by atoms with Gasteiger partial charge in [-0.3, -0.25) is 9.36 Å². The number of carboxylic acids is 1. The Balaban J connectivity index is 2.52. The van der Waals surface area contributed by atoms with Gasteiger partial charge in [0.15, 0.2) is 5.16 Å². The number of hydrogen-bond donors (Lipinski definition) is 1. The van der Waals surface area contributed by atoms with Crippen LogP contribution in [-0.4, -0.2) is 31.6 Å². The highest BCUT2D eigenvalue weighted by molar-refractivity contribution is 7.99. The molecule has 9 heteroatoms. The molecule has 2 aromatic rings. The Hall–Kier alpha value is -2.03. The summed E-state index contributed by atoms with van der Waals surface area (Å²) < 4.78 is 40.4. The Morgan fingerprint density at radius 1 is 1.33 bits per heavy atom. The SMILES string of the molecule is Cc1nnc(SCC(=O)O)n1-c1ccccc1C(F)(F)F. The third-order valence-corrected chi connectivity index (χ3v) is 3.48. The molecule has 0 aliphatic heterocycles. The fourth-order valence-electron chi connectivity index (χ4n) is 1.75. The van der Waals surface area contributed by atoms with Gasteiger partial charge < -0.3 is 5.11 Å². The highest BCUT2D eigenvalue weighted by atomic mass is 32.2. The van der Waals surface area contributed by atoms with E-state index in [1.54, 1.807) is 0 Å². The van der Waals surface area contributed by atoms with E-state index >= 15 is 0 Å². The molecule has 0 saturated carbocycles. The number of hydrogen-bond acceptors (Lipinski definition) is 4. The van der Waals surface area contributed by atoms with E-state index in [0.29, 0.717) is 0 Å². The summed E-state index contributed by atoms with van der Waals surface area (Å²) in [6.45, 7) is 1.50. The Labute approximate surface area is 121 Å². The molecule has 0 aliphatic carbocycles. The number of benzene rings is 1. The van der Waals surface area contributed by atoms with Gasteiger partial charge in [0.25, 0.3) is 0 Å². The van der Waals surface area contributed by atoms with Crippen molar-refractivity contribution in [3.63, 3.8) is 0 Å². The third-order valence-electron chi connectivity index (χ3n) is 2.57. The molecule has 0 saturated heterocycles. The van der Waals surface area contributed by atoms with Crippen molar-refractivity contribution in [2.24, 2.45) is 0 Å². The van der Waals surface area contributed by atoms with Gasteiger partial charge in [0, 0.05) is 0 Å². The number of para-hydroxylation sites is 1. The fraction of sp³-hybridized carbons (Fsp3) is 0.250. The Kier molecular flexibility index (Phi) is 4.21. The van der Waals surface area contributed by atoms with Crippen LogP contribution in [0.3, 0.4) is 0 Å². The molecule has 21 heavy (non-hydrogen) atoms. The van der Waals surface area contributed by atoms with Crippen LogP contribution in [0.5, 0.6) is 0 Å². The zero-order chi connectivity index (χ0) is 15.6. The average molecular weight is 317 g/mol. The van der Waals surface area contributed by atoms with Crippen LogP contribution in [0, 0.1) is 6.92 Å². The van der Waals surface area contributed by atoms with Crippen LogP contribution in [0.2, 0.25) is 0 Å². The van der Waals surface area contributed by atoms with Crippen molar-refractivity contribution in [1.82, 2.24) is 14.8 Å². The Bertz CT molecular complexity index is 670. The summed E-state index contributed by atoms with van der Waals surface area (Å²) in [7, 11) is 0. The second-order valence-electron chi connectivity index (χ2n) is 4.06. The maximum absolute atomic E-state index is 13.1. The van der Waals surface area contributed by atoms with Crippen LogP contribution in [0.1, 0.15) is 11.4 Å². The van der Waals surface area contributed by atoms with Crippen molar-refractivity contribution < 1.29 is 23.1 Å². The first-order valence-electron chi connectivity index (χ1n) is 5.74. The molecule has 0 fully saturated rings. The van der Waals surface area contributed by atoms with E-state index < -0.39 is 17.7 Å². The van der Waals surface area contributed by atoms with E-state index in [2.05, 4.69) is 10.2 Å². The molecule has 0 aliphatic rings. The molecule has 1 heterocycles. The van der Waals surface area contributed by atoms with Gasteiger partial charge in [0.05, 0.1) is 17.0 Å². The van der Waals surface area contributed by atoms with Crippen LogP contribution >= 0.6 is 11.8 Å². The number of thioether (sulfide) groups is 1. The lowest BCUT2D eigenvalue weighted by Crippen LogP contribution is -2.12. The van der Waals surface area contributed by atoms with E-state index in [0.717, 1.165) is 17.8 Å². The minimum absolute atomic E-state index is 0.103. The topological polar surface area (TPSA) is 68.0 Å². The van der Waals surface area contributed by atoms with Crippen molar-refractivity contribution in [3.8, 4) is 5.69 Å². The van der Waals surface area contributed by atoms with Gasteiger partial charge in [-0.1, -0.05) is 23.9 Å². The molecule has 112 valence electrons. The molecule has 1 aromatic carbocycles. The summed E-state index contributed by atoms with van der Waals surface area (Å²) in [5.74, 6) is -1.15. The summed E-state index contributed by atoms with van der Waals surface area (Å²) in [6.07, 6.45) is -4.53. The van der Waals surface area contributed by atoms with Crippen LogP contribution in [0.15, 0.2) is 29.4 Å².